The molecule has 0 saturated heterocycles. The molecule has 0 bridgehead atoms. The van der Waals surface area contributed by atoms with E-state index in [0.29, 0.717) is 5.88 Å². The smallest absolute Gasteiger partial charge is 0.204 e. The van der Waals surface area contributed by atoms with E-state index in [1.54, 1.807) is 12.5 Å². The maximum Gasteiger partial charge on any atom is 0.204 e. The first-order valence-electron chi connectivity index (χ1n) is 2.99. The maximum atomic E-state index is 5.44. The van der Waals surface area contributed by atoms with Crippen LogP contribution in [0.1, 0.15) is 5.56 Å². The van der Waals surface area contributed by atoms with Crippen LogP contribution in [-0.2, 0) is 0 Å². The maximum absolute atomic E-state index is 5.44. The van der Waals surface area contributed by atoms with Crippen LogP contribution >= 0.6 is 0 Å². The molecule has 3 N–H and O–H groups in total. The van der Waals surface area contributed by atoms with Crippen molar-refractivity contribution in [3.8, 4) is 0 Å². The fourth-order valence-electron chi connectivity index (χ4n) is 0.870. The summed E-state index contributed by atoms with van der Waals surface area (Å²) in [4.78, 5) is 3.93. The standard InChI is InChI=1S/C6H7N3O/c7-6-8-3-4-1-2-10-5(4)9-6/h1-3,6,9H,7H2. The van der Waals surface area contributed by atoms with Crippen molar-refractivity contribution in [1.82, 2.24) is 0 Å². The van der Waals surface area contributed by atoms with Crippen LogP contribution in [0.5, 0.6) is 0 Å². The van der Waals surface area contributed by atoms with Crippen LogP contribution in [0, 0.1) is 0 Å². The summed E-state index contributed by atoms with van der Waals surface area (Å²) in [6, 6.07) is 1.83. The predicted octanol–water partition coefficient (Wildman–Crippen LogP) is 0.366. The first-order chi connectivity index (χ1) is 4.86. The Morgan fingerprint density at radius 1 is 1.70 bits per heavy atom. The molecule has 10 heavy (non-hydrogen) atoms. The first-order valence-corrected chi connectivity index (χ1v) is 2.99. The zero-order valence-corrected chi connectivity index (χ0v) is 5.24. The second-order valence-electron chi connectivity index (χ2n) is 2.07. The monoisotopic (exact) mass is 137 g/mol. The molecule has 2 heterocycles. The van der Waals surface area contributed by atoms with Crippen LogP contribution in [0.4, 0.5) is 5.88 Å². The van der Waals surface area contributed by atoms with Gasteiger partial charge in [-0.3, -0.25) is 10.7 Å². The minimum atomic E-state index is -0.362. The van der Waals surface area contributed by atoms with Crippen LogP contribution in [0.25, 0.3) is 0 Å². The van der Waals surface area contributed by atoms with E-state index in [0.717, 1.165) is 5.56 Å². The quantitative estimate of drug-likeness (QED) is 0.542. The van der Waals surface area contributed by atoms with Gasteiger partial charge in [0.15, 0.2) is 6.29 Å². The van der Waals surface area contributed by atoms with Crippen LogP contribution in [0.15, 0.2) is 21.7 Å². The van der Waals surface area contributed by atoms with Crippen molar-refractivity contribution in [3.05, 3.63) is 17.9 Å². The molecule has 0 fully saturated rings. The first kappa shape index (κ1) is 5.49. The van der Waals surface area contributed by atoms with Gasteiger partial charge in [0.1, 0.15) is 0 Å². The van der Waals surface area contributed by atoms with Gasteiger partial charge in [0.25, 0.3) is 0 Å². The number of rotatable bonds is 0. The Kier molecular flexibility index (Phi) is 1.01. The van der Waals surface area contributed by atoms with Gasteiger partial charge >= 0.3 is 0 Å². The van der Waals surface area contributed by atoms with Crippen LogP contribution in [-0.4, -0.2) is 12.5 Å². The molecule has 0 radical (unpaired) electrons. The van der Waals surface area contributed by atoms with E-state index in [2.05, 4.69) is 10.3 Å². The molecule has 0 spiro atoms. The summed E-state index contributed by atoms with van der Waals surface area (Å²) in [7, 11) is 0. The number of furan rings is 1. The molecular weight excluding hydrogens is 130 g/mol. The van der Waals surface area contributed by atoms with E-state index in [1.165, 1.54) is 0 Å². The van der Waals surface area contributed by atoms with Crippen molar-refractivity contribution in [2.24, 2.45) is 10.7 Å². The molecule has 0 saturated carbocycles. The van der Waals surface area contributed by atoms with Gasteiger partial charge in [-0.25, -0.2) is 0 Å². The Labute approximate surface area is 57.7 Å². The summed E-state index contributed by atoms with van der Waals surface area (Å²) in [5.41, 5.74) is 6.39. The molecule has 1 aromatic heterocycles. The van der Waals surface area contributed by atoms with E-state index in [-0.39, 0.29) is 6.29 Å². The highest BCUT2D eigenvalue weighted by molar-refractivity contribution is 5.87. The molecule has 0 aliphatic carbocycles. The Morgan fingerprint density at radius 2 is 2.60 bits per heavy atom. The average Bonchev–Trinajstić information content (AvgIpc) is 2.33. The van der Waals surface area contributed by atoms with Crippen molar-refractivity contribution in [2.45, 2.75) is 6.29 Å². The predicted molar refractivity (Wildman–Crippen MR) is 37.9 cm³/mol. The zero-order valence-electron chi connectivity index (χ0n) is 5.24. The number of anilines is 1. The van der Waals surface area contributed by atoms with E-state index in [4.69, 9.17) is 10.2 Å². The summed E-state index contributed by atoms with van der Waals surface area (Å²) in [5.74, 6) is 0.697. The summed E-state index contributed by atoms with van der Waals surface area (Å²) in [6.07, 6.45) is 2.93. The fourth-order valence-corrected chi connectivity index (χ4v) is 0.870. The molecular formula is C6H7N3O. The molecule has 1 atom stereocenters. The normalized spacial score (nSPS) is 21.9. The molecule has 1 aliphatic heterocycles. The molecule has 4 nitrogen and oxygen atoms in total. The number of hydrogen-bond donors (Lipinski definition) is 2. The van der Waals surface area contributed by atoms with Crippen molar-refractivity contribution in [2.75, 3.05) is 5.32 Å². The third-order valence-electron chi connectivity index (χ3n) is 1.35. The number of aliphatic imine (C=N–C) groups is 1. The molecule has 0 amide bonds. The number of nitrogens with one attached hydrogen (secondary N) is 1. The summed E-state index contributed by atoms with van der Waals surface area (Å²) >= 11 is 0. The van der Waals surface area contributed by atoms with Crippen LogP contribution in [0.2, 0.25) is 0 Å². The number of nitrogens with two attached hydrogens (primary N) is 1. The lowest BCUT2D eigenvalue weighted by Crippen LogP contribution is -2.29. The molecule has 2 rings (SSSR count). The summed E-state index contributed by atoms with van der Waals surface area (Å²) in [5, 5.41) is 2.85. The van der Waals surface area contributed by atoms with E-state index >= 15 is 0 Å². The highest BCUT2D eigenvalue weighted by atomic mass is 16.3. The summed E-state index contributed by atoms with van der Waals surface area (Å²) in [6.45, 7) is 0. The zero-order chi connectivity index (χ0) is 6.97. The highest BCUT2D eigenvalue weighted by Crippen LogP contribution is 2.17. The van der Waals surface area contributed by atoms with Crippen molar-refractivity contribution >= 4 is 12.1 Å². The van der Waals surface area contributed by atoms with Crippen molar-refractivity contribution in [1.29, 1.82) is 0 Å². The van der Waals surface area contributed by atoms with Gasteiger partial charge in [0, 0.05) is 6.21 Å². The topological polar surface area (TPSA) is 63.5 Å². The van der Waals surface area contributed by atoms with Gasteiger partial charge in [0.05, 0.1) is 11.8 Å². The Balaban J connectivity index is 2.43. The number of nitrogens with zero attached hydrogens (tertiary/aromatic N) is 1. The number of hydrogen-bond acceptors (Lipinski definition) is 4. The Hall–Kier alpha value is -1.29. The molecule has 52 valence electrons. The fraction of sp³-hybridized carbons (Fsp3) is 0.167. The molecule has 4 heteroatoms. The minimum Gasteiger partial charge on any atom is -0.448 e. The molecule has 0 aromatic carbocycles. The van der Waals surface area contributed by atoms with Gasteiger partial charge in [0.2, 0.25) is 5.88 Å². The lowest BCUT2D eigenvalue weighted by atomic mass is 10.3. The van der Waals surface area contributed by atoms with Gasteiger partial charge in [-0.15, -0.1) is 0 Å². The van der Waals surface area contributed by atoms with Gasteiger partial charge in [-0.05, 0) is 6.07 Å². The Morgan fingerprint density at radius 3 is 3.50 bits per heavy atom. The van der Waals surface area contributed by atoms with Crippen molar-refractivity contribution in [3.63, 3.8) is 0 Å². The Bertz CT molecular complexity index is 266. The molecule has 1 aliphatic rings. The van der Waals surface area contributed by atoms with Gasteiger partial charge < -0.3 is 9.73 Å². The van der Waals surface area contributed by atoms with E-state index in [9.17, 15) is 0 Å². The third kappa shape index (κ3) is 0.698. The minimum absolute atomic E-state index is 0.362. The highest BCUT2D eigenvalue weighted by Gasteiger charge is 2.10. The third-order valence-corrected chi connectivity index (χ3v) is 1.35. The lowest BCUT2D eigenvalue weighted by molar-refractivity contribution is 0.566. The van der Waals surface area contributed by atoms with Crippen molar-refractivity contribution < 1.29 is 4.42 Å². The average molecular weight is 137 g/mol. The second-order valence-corrected chi connectivity index (χ2v) is 2.07. The summed E-state index contributed by atoms with van der Waals surface area (Å²) < 4.78 is 5.04. The largest absolute Gasteiger partial charge is 0.448 e. The van der Waals surface area contributed by atoms with Crippen LogP contribution < -0.4 is 11.1 Å². The van der Waals surface area contributed by atoms with Gasteiger partial charge in [-0.1, -0.05) is 0 Å². The molecule has 1 aromatic rings. The number of fused-ring (bicyclic) bond motifs is 1. The lowest BCUT2D eigenvalue weighted by Gasteiger charge is -2.12. The van der Waals surface area contributed by atoms with E-state index in [1.807, 2.05) is 6.07 Å². The van der Waals surface area contributed by atoms with Crippen LogP contribution in [0.3, 0.4) is 0 Å². The van der Waals surface area contributed by atoms with Gasteiger partial charge in [-0.2, -0.15) is 0 Å². The second kappa shape index (κ2) is 1.85. The SMILES string of the molecule is NC1N=Cc2ccoc2N1. The molecule has 1 unspecified atom stereocenters. The van der Waals surface area contributed by atoms with E-state index < -0.39 is 0 Å².